The number of hydrogen-bond acceptors (Lipinski definition) is 4. The summed E-state index contributed by atoms with van der Waals surface area (Å²) >= 11 is 0. The van der Waals surface area contributed by atoms with Crippen LogP contribution in [0.5, 0.6) is 0 Å². The highest BCUT2D eigenvalue weighted by molar-refractivity contribution is 6.00. The van der Waals surface area contributed by atoms with Gasteiger partial charge in [0, 0.05) is 18.3 Å². The Hall–Kier alpha value is -3.43. The molecule has 1 fully saturated rings. The summed E-state index contributed by atoms with van der Waals surface area (Å²) in [7, 11) is 1.89. The predicted octanol–water partition coefficient (Wildman–Crippen LogP) is 3.66. The molecule has 1 N–H and O–H groups in total. The molecule has 1 saturated carbocycles. The second-order valence-electron chi connectivity index (χ2n) is 7.97. The molecule has 1 aromatic carbocycles. The first-order valence-electron chi connectivity index (χ1n) is 9.87. The molecule has 3 aromatic heterocycles. The molecular weight excluding hydrogens is 409 g/mol. The van der Waals surface area contributed by atoms with E-state index >= 15 is 0 Å². The van der Waals surface area contributed by atoms with E-state index in [0.29, 0.717) is 24.2 Å². The molecule has 160 valence electrons. The second-order valence-corrected chi connectivity index (χ2v) is 7.97. The number of aromatic nitrogens is 5. The van der Waals surface area contributed by atoms with E-state index in [0.717, 1.165) is 16.6 Å². The zero-order chi connectivity index (χ0) is 21.9. The van der Waals surface area contributed by atoms with Crippen LogP contribution in [0.2, 0.25) is 0 Å². The van der Waals surface area contributed by atoms with Crippen LogP contribution in [0, 0.1) is 12.8 Å². The molecular formula is C21H19F3N6O. The summed E-state index contributed by atoms with van der Waals surface area (Å²) in [5.74, 6) is -1.39. The van der Waals surface area contributed by atoms with E-state index in [4.69, 9.17) is 0 Å². The van der Waals surface area contributed by atoms with E-state index < -0.39 is 24.0 Å². The smallest absolute Gasteiger partial charge is 0.340 e. The summed E-state index contributed by atoms with van der Waals surface area (Å²) in [4.78, 5) is 21.6. The maximum Gasteiger partial charge on any atom is 0.408 e. The Bertz CT molecular complexity index is 1320. The van der Waals surface area contributed by atoms with Gasteiger partial charge >= 0.3 is 6.18 Å². The number of nitrogens with one attached hydrogen (secondary N) is 1. The summed E-state index contributed by atoms with van der Waals surface area (Å²) in [6, 6.07) is 5.65. The van der Waals surface area contributed by atoms with Gasteiger partial charge in [0.2, 0.25) is 0 Å². The van der Waals surface area contributed by atoms with Crippen LogP contribution in [0.1, 0.15) is 28.9 Å². The maximum atomic E-state index is 13.4. The molecule has 0 aliphatic heterocycles. The summed E-state index contributed by atoms with van der Waals surface area (Å²) < 4.78 is 43.4. The molecule has 5 rings (SSSR count). The minimum absolute atomic E-state index is 0.0152. The number of imidazole rings is 1. The minimum atomic E-state index is -4.49. The molecule has 0 radical (unpaired) electrons. The van der Waals surface area contributed by atoms with Gasteiger partial charge in [-0.05, 0) is 43.9 Å². The van der Waals surface area contributed by atoms with Gasteiger partial charge < -0.3 is 9.88 Å². The average molecular weight is 428 g/mol. The van der Waals surface area contributed by atoms with E-state index in [-0.39, 0.29) is 11.2 Å². The number of amides is 1. The van der Waals surface area contributed by atoms with Gasteiger partial charge in [-0.15, -0.1) is 0 Å². The maximum absolute atomic E-state index is 13.4. The van der Waals surface area contributed by atoms with Crippen molar-refractivity contribution >= 4 is 22.6 Å². The van der Waals surface area contributed by atoms with Crippen molar-refractivity contribution in [3.8, 4) is 11.3 Å². The Labute approximate surface area is 174 Å². The molecule has 31 heavy (non-hydrogen) atoms. The van der Waals surface area contributed by atoms with Gasteiger partial charge in [0.15, 0.2) is 5.65 Å². The quantitative estimate of drug-likeness (QED) is 0.538. The number of fused-ring (bicyclic) bond motifs is 2. The fraction of sp³-hybridized carbons (Fsp3) is 0.333. The van der Waals surface area contributed by atoms with E-state index in [1.54, 1.807) is 13.3 Å². The third-order valence-corrected chi connectivity index (χ3v) is 5.65. The predicted molar refractivity (Wildman–Crippen MR) is 107 cm³/mol. The van der Waals surface area contributed by atoms with Crippen molar-refractivity contribution < 1.29 is 18.0 Å². The molecule has 0 spiro atoms. The number of carbonyl (C=O) groups is 1. The first-order valence-corrected chi connectivity index (χ1v) is 9.87. The first-order chi connectivity index (χ1) is 14.7. The van der Waals surface area contributed by atoms with Gasteiger partial charge in [-0.1, -0.05) is 6.07 Å². The summed E-state index contributed by atoms with van der Waals surface area (Å²) in [5, 5.41) is 6.31. The Morgan fingerprint density at radius 2 is 2.03 bits per heavy atom. The van der Waals surface area contributed by atoms with Crippen LogP contribution in [0.3, 0.4) is 0 Å². The van der Waals surface area contributed by atoms with Gasteiger partial charge in [0.1, 0.15) is 11.6 Å². The summed E-state index contributed by atoms with van der Waals surface area (Å²) in [6.45, 7) is 1.80. The van der Waals surface area contributed by atoms with Crippen LogP contribution in [-0.2, 0) is 7.05 Å². The topological polar surface area (TPSA) is 77.1 Å². The van der Waals surface area contributed by atoms with Gasteiger partial charge in [0.25, 0.3) is 5.91 Å². The monoisotopic (exact) mass is 428 g/mol. The number of hydrogen-bond donors (Lipinski definition) is 1. The van der Waals surface area contributed by atoms with Crippen LogP contribution in [0.25, 0.3) is 27.9 Å². The highest BCUT2D eigenvalue weighted by atomic mass is 19.4. The molecule has 10 heteroatoms. The zero-order valence-corrected chi connectivity index (χ0v) is 16.8. The lowest BCUT2D eigenvalue weighted by Crippen LogP contribution is -2.46. The molecule has 4 aromatic rings. The highest BCUT2D eigenvalue weighted by Crippen LogP contribution is 2.40. The van der Waals surface area contributed by atoms with Gasteiger partial charge in [0.05, 0.1) is 29.3 Å². The number of rotatable bonds is 4. The summed E-state index contributed by atoms with van der Waals surface area (Å²) in [5.41, 5.74) is 4.10. The fourth-order valence-electron chi connectivity index (χ4n) is 3.82. The first kappa shape index (κ1) is 19.5. The van der Waals surface area contributed by atoms with Gasteiger partial charge in [-0.3, -0.25) is 4.79 Å². The van der Waals surface area contributed by atoms with Crippen LogP contribution >= 0.6 is 0 Å². The van der Waals surface area contributed by atoms with Crippen molar-refractivity contribution in [2.45, 2.75) is 32.0 Å². The average Bonchev–Trinajstić information content (AvgIpc) is 3.35. The van der Waals surface area contributed by atoms with Crippen molar-refractivity contribution in [2.24, 2.45) is 13.0 Å². The number of halogens is 3. The summed E-state index contributed by atoms with van der Waals surface area (Å²) in [6.07, 6.45) is -0.604. The number of alkyl halides is 3. The van der Waals surface area contributed by atoms with Crippen molar-refractivity contribution in [3.63, 3.8) is 0 Å². The molecule has 1 unspecified atom stereocenters. The normalized spacial score (nSPS) is 15.5. The lowest BCUT2D eigenvalue weighted by molar-refractivity contribution is -0.158. The van der Waals surface area contributed by atoms with Gasteiger partial charge in [-0.2, -0.15) is 18.3 Å². The molecule has 0 saturated heterocycles. The second kappa shape index (κ2) is 6.79. The van der Waals surface area contributed by atoms with Crippen molar-refractivity contribution in [3.05, 3.63) is 48.0 Å². The molecule has 7 nitrogen and oxygen atoms in total. The molecule has 1 amide bonds. The molecule has 1 aliphatic rings. The third kappa shape index (κ3) is 3.41. The van der Waals surface area contributed by atoms with Gasteiger partial charge in [-0.25, -0.2) is 14.5 Å². The minimum Gasteiger partial charge on any atom is -0.340 e. The molecule has 1 atom stereocenters. The van der Waals surface area contributed by atoms with Crippen LogP contribution in [0.15, 0.2) is 36.8 Å². The highest BCUT2D eigenvalue weighted by Gasteiger charge is 2.49. The molecule has 0 bridgehead atoms. The fourth-order valence-corrected chi connectivity index (χ4v) is 3.82. The SMILES string of the molecule is Cc1cc(-c2ccc3ncn(C)c3c2)nc2c(C(=O)NC(C3CC3)C(F)(F)F)cnn12. The Morgan fingerprint density at radius 1 is 1.26 bits per heavy atom. The van der Waals surface area contributed by atoms with Crippen molar-refractivity contribution in [2.75, 3.05) is 0 Å². The van der Waals surface area contributed by atoms with E-state index in [1.807, 2.05) is 35.9 Å². The van der Waals surface area contributed by atoms with E-state index in [1.165, 1.54) is 10.7 Å². The third-order valence-electron chi connectivity index (χ3n) is 5.65. The molecule has 1 aliphatic carbocycles. The Balaban J connectivity index is 1.55. The van der Waals surface area contributed by atoms with E-state index in [2.05, 4.69) is 20.4 Å². The van der Waals surface area contributed by atoms with Crippen LogP contribution in [-0.4, -0.2) is 42.3 Å². The lowest BCUT2D eigenvalue weighted by Gasteiger charge is -2.20. The zero-order valence-electron chi connectivity index (χ0n) is 16.8. The number of benzene rings is 1. The number of nitrogens with zero attached hydrogens (tertiary/aromatic N) is 5. The number of aryl methyl sites for hydroxylation is 2. The Kier molecular flexibility index (Phi) is 4.28. The van der Waals surface area contributed by atoms with Crippen molar-refractivity contribution in [1.29, 1.82) is 0 Å². The number of carbonyl (C=O) groups excluding carboxylic acids is 1. The lowest BCUT2D eigenvalue weighted by atomic mass is 10.1. The standard InChI is InChI=1S/C21H19F3N6O/c1-11-7-16(13-5-6-15-17(8-13)29(2)10-25-15)27-19-14(9-26-30(11)19)20(31)28-18(12-3-4-12)21(22,23)24/h5-10,12,18H,3-4H2,1-2H3,(H,28,31). The van der Waals surface area contributed by atoms with Crippen LogP contribution < -0.4 is 5.32 Å². The Morgan fingerprint density at radius 3 is 2.74 bits per heavy atom. The van der Waals surface area contributed by atoms with Crippen molar-refractivity contribution in [1.82, 2.24) is 29.5 Å². The molecule has 3 heterocycles. The van der Waals surface area contributed by atoms with Crippen LogP contribution in [0.4, 0.5) is 13.2 Å². The largest absolute Gasteiger partial charge is 0.408 e. The van der Waals surface area contributed by atoms with E-state index in [9.17, 15) is 18.0 Å².